The van der Waals surface area contributed by atoms with Crippen LogP contribution in [0.1, 0.15) is 17.2 Å². The number of aromatic nitrogens is 1. The van der Waals surface area contributed by atoms with Crippen LogP contribution in [-0.2, 0) is 0 Å². The van der Waals surface area contributed by atoms with E-state index >= 15 is 0 Å². The number of benzene rings is 2. The molecular weight excluding hydrogens is 310 g/mol. The lowest BCUT2D eigenvalue weighted by Crippen LogP contribution is -2.15. The molecule has 0 spiro atoms. The first kappa shape index (κ1) is 15.3. The van der Waals surface area contributed by atoms with Crippen LogP contribution >= 0.6 is 11.6 Å². The molecular formula is C18H14ClN3O. The molecule has 3 aromatic rings. The molecule has 3 rings (SSSR count). The zero-order valence-electron chi connectivity index (χ0n) is 12.2. The van der Waals surface area contributed by atoms with Gasteiger partial charge in [0.05, 0.1) is 29.8 Å². The molecule has 0 aliphatic heterocycles. The van der Waals surface area contributed by atoms with Gasteiger partial charge in [-0.15, -0.1) is 0 Å². The van der Waals surface area contributed by atoms with Gasteiger partial charge in [-0.05, 0) is 29.8 Å². The number of fused-ring (bicyclic) bond motifs is 1. The quantitative estimate of drug-likeness (QED) is 0.764. The zero-order valence-corrected chi connectivity index (χ0v) is 13.0. The van der Waals surface area contributed by atoms with Gasteiger partial charge in [-0.25, -0.2) is 4.98 Å². The fourth-order valence-electron chi connectivity index (χ4n) is 2.46. The molecule has 1 aromatic heterocycles. The van der Waals surface area contributed by atoms with E-state index in [2.05, 4.69) is 16.4 Å². The van der Waals surface area contributed by atoms with E-state index in [1.165, 1.54) is 0 Å². The highest BCUT2D eigenvalue weighted by atomic mass is 35.5. The van der Waals surface area contributed by atoms with Crippen LogP contribution in [0, 0.1) is 11.3 Å². The maximum Gasteiger partial charge on any atom is 0.128 e. The molecule has 0 bridgehead atoms. The van der Waals surface area contributed by atoms with E-state index in [0.29, 0.717) is 27.3 Å². The Morgan fingerprint density at radius 2 is 1.96 bits per heavy atom. The van der Waals surface area contributed by atoms with Gasteiger partial charge in [0.2, 0.25) is 0 Å². The second-order valence-corrected chi connectivity index (χ2v) is 5.55. The number of pyridine rings is 1. The second-order valence-electron chi connectivity index (χ2n) is 5.12. The summed E-state index contributed by atoms with van der Waals surface area (Å²) in [5.74, 6) is 0.541. The number of hydrogen-bond donors (Lipinski definition) is 2. The van der Waals surface area contributed by atoms with Gasteiger partial charge in [-0.2, -0.15) is 5.26 Å². The Morgan fingerprint density at radius 3 is 2.65 bits per heavy atom. The smallest absolute Gasteiger partial charge is 0.128 e. The number of halogens is 1. The molecule has 0 radical (unpaired) electrons. The third kappa shape index (κ3) is 3.26. The molecule has 0 amide bonds. The number of rotatable bonds is 4. The van der Waals surface area contributed by atoms with Gasteiger partial charge in [0.1, 0.15) is 5.82 Å². The lowest BCUT2D eigenvalue weighted by Gasteiger charge is -2.18. The highest BCUT2D eigenvalue weighted by molar-refractivity contribution is 6.31. The Morgan fingerprint density at radius 1 is 1.17 bits per heavy atom. The number of nitrogens with zero attached hydrogens (tertiary/aromatic N) is 2. The minimum Gasteiger partial charge on any atom is -0.394 e. The van der Waals surface area contributed by atoms with Crippen LogP contribution in [0.5, 0.6) is 0 Å². The Labute approximate surface area is 139 Å². The Bertz CT molecular complexity index is 875. The van der Waals surface area contributed by atoms with E-state index in [1.54, 1.807) is 24.3 Å². The van der Waals surface area contributed by atoms with E-state index in [4.69, 9.17) is 11.6 Å². The predicted octanol–water partition coefficient (Wildman–Crippen LogP) is 3.91. The standard InChI is InChI=1S/C18H14ClN3O/c19-14-6-7-16-15(9-14)13(10-20)8-18(21-16)22-17(11-23)12-4-2-1-3-5-12/h1-9,17,23H,11H2,(H,21,22). The minimum atomic E-state index is -0.292. The molecule has 0 saturated carbocycles. The number of aliphatic hydroxyl groups excluding tert-OH is 1. The number of aliphatic hydroxyl groups is 1. The third-order valence-electron chi connectivity index (χ3n) is 3.60. The number of hydrogen-bond acceptors (Lipinski definition) is 4. The van der Waals surface area contributed by atoms with Gasteiger partial charge in [-0.1, -0.05) is 41.9 Å². The SMILES string of the molecule is N#Cc1cc(NC(CO)c2ccccc2)nc2ccc(Cl)cc12. The van der Waals surface area contributed by atoms with Crippen LogP contribution in [-0.4, -0.2) is 16.7 Å². The molecule has 1 atom stereocenters. The molecule has 5 heteroatoms. The van der Waals surface area contributed by atoms with Crippen molar-refractivity contribution >= 4 is 28.3 Å². The van der Waals surface area contributed by atoms with Crippen LogP contribution in [0.2, 0.25) is 5.02 Å². The monoisotopic (exact) mass is 323 g/mol. The molecule has 2 N–H and O–H groups in total. The predicted molar refractivity (Wildman–Crippen MR) is 91.4 cm³/mol. The van der Waals surface area contributed by atoms with Gasteiger partial charge in [0, 0.05) is 10.4 Å². The summed E-state index contributed by atoms with van der Waals surface area (Å²) in [5.41, 5.74) is 2.12. The lowest BCUT2D eigenvalue weighted by molar-refractivity contribution is 0.276. The zero-order chi connectivity index (χ0) is 16.2. The summed E-state index contributed by atoms with van der Waals surface area (Å²) in [7, 11) is 0. The summed E-state index contributed by atoms with van der Waals surface area (Å²) >= 11 is 5.99. The van der Waals surface area contributed by atoms with Crippen LogP contribution in [0.15, 0.2) is 54.6 Å². The van der Waals surface area contributed by atoms with Crippen molar-refractivity contribution < 1.29 is 5.11 Å². The summed E-state index contributed by atoms with van der Waals surface area (Å²) in [4.78, 5) is 4.51. The first-order chi connectivity index (χ1) is 11.2. The van der Waals surface area contributed by atoms with Crippen molar-refractivity contribution in [1.82, 2.24) is 4.98 Å². The van der Waals surface area contributed by atoms with Crippen molar-refractivity contribution in [2.75, 3.05) is 11.9 Å². The molecule has 1 heterocycles. The van der Waals surface area contributed by atoms with Crippen molar-refractivity contribution in [1.29, 1.82) is 5.26 Å². The van der Waals surface area contributed by atoms with Gasteiger partial charge < -0.3 is 10.4 Å². The molecule has 23 heavy (non-hydrogen) atoms. The summed E-state index contributed by atoms with van der Waals surface area (Å²) < 4.78 is 0. The van der Waals surface area contributed by atoms with Crippen molar-refractivity contribution in [3.05, 3.63) is 70.7 Å². The largest absolute Gasteiger partial charge is 0.394 e. The molecule has 0 aliphatic carbocycles. The average molecular weight is 324 g/mol. The average Bonchev–Trinajstić information content (AvgIpc) is 2.60. The van der Waals surface area contributed by atoms with Crippen LogP contribution in [0.4, 0.5) is 5.82 Å². The highest BCUT2D eigenvalue weighted by Gasteiger charge is 2.12. The molecule has 114 valence electrons. The number of nitriles is 1. The topological polar surface area (TPSA) is 68.9 Å². The van der Waals surface area contributed by atoms with Crippen LogP contribution in [0.3, 0.4) is 0 Å². The maximum absolute atomic E-state index is 9.64. The van der Waals surface area contributed by atoms with E-state index in [0.717, 1.165) is 5.56 Å². The van der Waals surface area contributed by atoms with Crippen molar-refractivity contribution in [3.8, 4) is 6.07 Å². The van der Waals surface area contributed by atoms with Crippen LogP contribution in [0.25, 0.3) is 10.9 Å². The normalized spacial score (nSPS) is 11.9. The van der Waals surface area contributed by atoms with Crippen LogP contribution < -0.4 is 5.32 Å². The Kier molecular flexibility index (Phi) is 4.42. The number of anilines is 1. The van der Waals surface area contributed by atoms with Crippen molar-refractivity contribution in [2.24, 2.45) is 0 Å². The second kappa shape index (κ2) is 6.66. The minimum absolute atomic E-state index is 0.0771. The molecule has 1 unspecified atom stereocenters. The molecule has 0 saturated heterocycles. The highest BCUT2D eigenvalue weighted by Crippen LogP contribution is 2.25. The third-order valence-corrected chi connectivity index (χ3v) is 3.83. The van der Waals surface area contributed by atoms with Gasteiger partial charge in [0.15, 0.2) is 0 Å². The van der Waals surface area contributed by atoms with E-state index in [9.17, 15) is 10.4 Å². The summed E-state index contributed by atoms with van der Waals surface area (Å²) in [6, 6.07) is 18.4. The van der Waals surface area contributed by atoms with Crippen molar-refractivity contribution in [3.63, 3.8) is 0 Å². The molecule has 0 fully saturated rings. The molecule has 2 aromatic carbocycles. The Hall–Kier alpha value is -2.61. The summed E-state index contributed by atoms with van der Waals surface area (Å²) in [5, 5.41) is 23.5. The summed E-state index contributed by atoms with van der Waals surface area (Å²) in [6.07, 6.45) is 0. The number of nitrogens with one attached hydrogen (secondary N) is 1. The maximum atomic E-state index is 9.64. The van der Waals surface area contributed by atoms with E-state index in [-0.39, 0.29) is 12.6 Å². The lowest BCUT2D eigenvalue weighted by atomic mass is 10.1. The van der Waals surface area contributed by atoms with Gasteiger partial charge in [0.25, 0.3) is 0 Å². The van der Waals surface area contributed by atoms with Gasteiger partial charge in [-0.3, -0.25) is 0 Å². The first-order valence-corrected chi connectivity index (χ1v) is 7.52. The van der Waals surface area contributed by atoms with E-state index < -0.39 is 0 Å². The van der Waals surface area contributed by atoms with Crippen molar-refractivity contribution in [2.45, 2.75) is 6.04 Å². The molecule has 4 nitrogen and oxygen atoms in total. The fraction of sp³-hybridized carbons (Fsp3) is 0.111. The van der Waals surface area contributed by atoms with E-state index in [1.807, 2.05) is 30.3 Å². The first-order valence-electron chi connectivity index (χ1n) is 7.14. The summed E-state index contributed by atoms with van der Waals surface area (Å²) in [6.45, 7) is -0.0771. The van der Waals surface area contributed by atoms with Gasteiger partial charge >= 0.3 is 0 Å². The Balaban J connectivity index is 2.00. The molecule has 0 aliphatic rings. The fourth-order valence-corrected chi connectivity index (χ4v) is 2.63.